The Balaban J connectivity index is 1.94. The molecule has 1 aliphatic carbocycles. The summed E-state index contributed by atoms with van der Waals surface area (Å²) in [5, 5.41) is 12.9. The van der Waals surface area contributed by atoms with Crippen molar-refractivity contribution < 1.29 is 13.9 Å². The van der Waals surface area contributed by atoms with E-state index < -0.39 is 11.6 Å². The first kappa shape index (κ1) is 13.4. The lowest BCUT2D eigenvalue weighted by molar-refractivity contribution is 0.130. The molecule has 0 amide bonds. The second-order valence-electron chi connectivity index (χ2n) is 5.05. The fourth-order valence-electron chi connectivity index (χ4n) is 2.54. The van der Waals surface area contributed by atoms with Gasteiger partial charge in [-0.3, -0.25) is 0 Å². The number of hydrogen-bond donors (Lipinski definition) is 2. The normalized spacial score (nSPS) is 25.3. The molecular formula is C14H19F2NO. The van der Waals surface area contributed by atoms with E-state index in [1.807, 2.05) is 0 Å². The van der Waals surface area contributed by atoms with Crippen LogP contribution in [0.25, 0.3) is 0 Å². The summed E-state index contributed by atoms with van der Waals surface area (Å²) in [4.78, 5) is 0. The lowest BCUT2D eigenvalue weighted by Gasteiger charge is -2.20. The summed E-state index contributed by atoms with van der Waals surface area (Å²) in [6, 6.07) is 3.23. The fourth-order valence-corrected chi connectivity index (χ4v) is 2.54. The van der Waals surface area contributed by atoms with Gasteiger partial charge in [-0.1, -0.05) is 6.42 Å². The number of nitrogens with one attached hydrogen (secondary N) is 1. The molecule has 1 fully saturated rings. The summed E-state index contributed by atoms with van der Waals surface area (Å²) in [7, 11) is 0. The molecule has 0 saturated heterocycles. The van der Waals surface area contributed by atoms with Crippen molar-refractivity contribution in [3.63, 3.8) is 0 Å². The number of rotatable bonds is 4. The highest BCUT2D eigenvalue weighted by molar-refractivity contribution is 5.21. The molecule has 0 bridgehead atoms. The van der Waals surface area contributed by atoms with Crippen LogP contribution in [-0.2, 0) is 0 Å². The zero-order chi connectivity index (χ0) is 13.1. The topological polar surface area (TPSA) is 32.3 Å². The molecule has 0 radical (unpaired) electrons. The molecule has 0 aromatic heterocycles. The minimum Gasteiger partial charge on any atom is -0.393 e. The van der Waals surface area contributed by atoms with E-state index in [1.54, 1.807) is 6.92 Å². The average molecular weight is 255 g/mol. The Morgan fingerprint density at radius 1 is 1.39 bits per heavy atom. The Kier molecular flexibility index (Phi) is 4.30. The van der Waals surface area contributed by atoms with Gasteiger partial charge in [-0.05, 0) is 43.9 Å². The molecule has 1 aromatic rings. The highest BCUT2D eigenvalue weighted by Gasteiger charge is 2.25. The first-order valence-corrected chi connectivity index (χ1v) is 6.44. The van der Waals surface area contributed by atoms with Crippen molar-refractivity contribution in [1.29, 1.82) is 0 Å². The van der Waals surface area contributed by atoms with Gasteiger partial charge in [0.2, 0.25) is 0 Å². The Bertz CT molecular complexity index is 411. The minimum atomic E-state index is -0.430. The second kappa shape index (κ2) is 5.76. The van der Waals surface area contributed by atoms with Crippen molar-refractivity contribution >= 4 is 0 Å². The standard InChI is InChI=1S/C14H19F2NO/c1-9(12-7-11(15)5-6-13(12)16)17-8-10-3-2-4-14(10)18/h5-7,9-10,14,17-18H,2-4,8H2,1H3. The smallest absolute Gasteiger partial charge is 0.128 e. The van der Waals surface area contributed by atoms with Gasteiger partial charge >= 0.3 is 0 Å². The third-order valence-electron chi connectivity index (χ3n) is 3.73. The highest BCUT2D eigenvalue weighted by Crippen LogP contribution is 2.26. The third kappa shape index (κ3) is 3.06. The molecule has 1 saturated carbocycles. The van der Waals surface area contributed by atoms with Crippen LogP contribution in [0, 0.1) is 17.6 Å². The fraction of sp³-hybridized carbons (Fsp3) is 0.571. The molecular weight excluding hydrogens is 236 g/mol. The number of hydrogen-bond acceptors (Lipinski definition) is 2. The quantitative estimate of drug-likeness (QED) is 0.867. The molecule has 1 aliphatic rings. The number of aliphatic hydroxyl groups is 1. The molecule has 0 heterocycles. The van der Waals surface area contributed by atoms with Crippen molar-refractivity contribution in [3.05, 3.63) is 35.4 Å². The molecule has 100 valence electrons. The molecule has 2 nitrogen and oxygen atoms in total. The first-order valence-electron chi connectivity index (χ1n) is 6.44. The van der Waals surface area contributed by atoms with Crippen molar-refractivity contribution in [2.24, 2.45) is 5.92 Å². The van der Waals surface area contributed by atoms with Crippen molar-refractivity contribution in [1.82, 2.24) is 5.32 Å². The lowest BCUT2D eigenvalue weighted by atomic mass is 10.0. The van der Waals surface area contributed by atoms with Gasteiger partial charge in [0.15, 0.2) is 0 Å². The second-order valence-corrected chi connectivity index (χ2v) is 5.05. The molecule has 3 atom stereocenters. The Hall–Kier alpha value is -1.00. The van der Waals surface area contributed by atoms with Gasteiger partial charge in [-0.2, -0.15) is 0 Å². The zero-order valence-electron chi connectivity index (χ0n) is 10.5. The molecule has 2 N–H and O–H groups in total. The van der Waals surface area contributed by atoms with Crippen LogP contribution in [0.15, 0.2) is 18.2 Å². The van der Waals surface area contributed by atoms with Gasteiger partial charge < -0.3 is 10.4 Å². The molecule has 2 rings (SSSR count). The van der Waals surface area contributed by atoms with Gasteiger partial charge in [0.25, 0.3) is 0 Å². The summed E-state index contributed by atoms with van der Waals surface area (Å²) in [6.45, 7) is 2.44. The van der Waals surface area contributed by atoms with E-state index in [9.17, 15) is 13.9 Å². The Morgan fingerprint density at radius 3 is 2.83 bits per heavy atom. The molecule has 4 heteroatoms. The largest absolute Gasteiger partial charge is 0.393 e. The van der Waals surface area contributed by atoms with E-state index in [1.165, 1.54) is 6.07 Å². The summed E-state index contributed by atoms with van der Waals surface area (Å²) < 4.78 is 26.6. The van der Waals surface area contributed by atoms with E-state index in [-0.39, 0.29) is 18.1 Å². The van der Waals surface area contributed by atoms with Crippen molar-refractivity contribution in [3.8, 4) is 0 Å². The predicted molar refractivity (Wildman–Crippen MR) is 66.1 cm³/mol. The summed E-state index contributed by atoms with van der Waals surface area (Å²) in [5.41, 5.74) is 0.336. The summed E-state index contributed by atoms with van der Waals surface area (Å²) in [6.07, 6.45) is 2.61. The predicted octanol–water partition coefficient (Wildman–Crippen LogP) is 2.78. The molecule has 0 aliphatic heterocycles. The Morgan fingerprint density at radius 2 is 2.17 bits per heavy atom. The van der Waals surface area contributed by atoms with Crippen LogP contribution in [0.5, 0.6) is 0 Å². The van der Waals surface area contributed by atoms with Gasteiger partial charge in [-0.25, -0.2) is 8.78 Å². The van der Waals surface area contributed by atoms with E-state index >= 15 is 0 Å². The van der Waals surface area contributed by atoms with Gasteiger partial charge in [0.05, 0.1) is 6.10 Å². The minimum absolute atomic E-state index is 0.226. The average Bonchev–Trinajstić information content (AvgIpc) is 2.75. The molecule has 18 heavy (non-hydrogen) atoms. The molecule has 1 aromatic carbocycles. The third-order valence-corrected chi connectivity index (χ3v) is 3.73. The SMILES string of the molecule is CC(NCC1CCCC1O)c1cc(F)ccc1F. The van der Waals surface area contributed by atoms with Crippen molar-refractivity contribution in [2.45, 2.75) is 38.3 Å². The van der Waals surface area contributed by atoms with Crippen LogP contribution in [0.3, 0.4) is 0 Å². The van der Waals surface area contributed by atoms with Gasteiger partial charge in [0.1, 0.15) is 11.6 Å². The number of benzene rings is 1. The van der Waals surface area contributed by atoms with E-state index in [2.05, 4.69) is 5.32 Å². The van der Waals surface area contributed by atoms with Crippen LogP contribution >= 0.6 is 0 Å². The zero-order valence-corrected chi connectivity index (χ0v) is 10.5. The molecule has 3 unspecified atom stereocenters. The maximum absolute atomic E-state index is 13.5. The molecule has 0 spiro atoms. The van der Waals surface area contributed by atoms with Crippen LogP contribution in [0.2, 0.25) is 0 Å². The van der Waals surface area contributed by atoms with E-state index in [0.717, 1.165) is 31.4 Å². The van der Waals surface area contributed by atoms with Gasteiger partial charge in [0, 0.05) is 18.2 Å². The van der Waals surface area contributed by atoms with E-state index in [0.29, 0.717) is 12.1 Å². The van der Waals surface area contributed by atoms with Crippen LogP contribution in [-0.4, -0.2) is 17.8 Å². The van der Waals surface area contributed by atoms with Crippen molar-refractivity contribution in [2.75, 3.05) is 6.54 Å². The Labute approximate surface area is 106 Å². The van der Waals surface area contributed by atoms with Crippen LogP contribution < -0.4 is 5.32 Å². The number of halogens is 2. The maximum atomic E-state index is 13.5. The maximum Gasteiger partial charge on any atom is 0.128 e. The first-order chi connectivity index (χ1) is 8.58. The summed E-state index contributed by atoms with van der Waals surface area (Å²) in [5.74, 6) is -0.603. The lowest BCUT2D eigenvalue weighted by Crippen LogP contribution is -2.30. The monoisotopic (exact) mass is 255 g/mol. The van der Waals surface area contributed by atoms with E-state index in [4.69, 9.17) is 0 Å². The van der Waals surface area contributed by atoms with Gasteiger partial charge in [-0.15, -0.1) is 0 Å². The highest BCUT2D eigenvalue weighted by atomic mass is 19.1. The summed E-state index contributed by atoms with van der Waals surface area (Å²) >= 11 is 0. The van der Waals surface area contributed by atoms with Crippen LogP contribution in [0.1, 0.15) is 37.8 Å². The number of aliphatic hydroxyl groups excluding tert-OH is 1. The van der Waals surface area contributed by atoms with Crippen LogP contribution in [0.4, 0.5) is 8.78 Å².